The van der Waals surface area contributed by atoms with Gasteiger partial charge in [-0.2, -0.15) is 0 Å². The highest BCUT2D eigenvalue weighted by Crippen LogP contribution is 2.36. The van der Waals surface area contributed by atoms with Gasteiger partial charge in [0, 0.05) is 12.0 Å². The first-order valence-corrected chi connectivity index (χ1v) is 4.91. The first-order chi connectivity index (χ1) is 6.77. The van der Waals surface area contributed by atoms with Crippen molar-refractivity contribution in [3.8, 4) is 5.75 Å². The van der Waals surface area contributed by atoms with Crippen LogP contribution in [0.25, 0.3) is 0 Å². The average molecular weight is 189 g/mol. The fraction of sp³-hybridized carbons (Fsp3) is 0.333. The number of hydrogen-bond acceptors (Lipinski definition) is 2. The maximum Gasteiger partial charge on any atom is 0.115 e. The Hall–Kier alpha value is -1.28. The molecule has 0 radical (unpaired) electrons. The molecule has 14 heavy (non-hydrogen) atoms. The van der Waals surface area contributed by atoms with Crippen molar-refractivity contribution >= 4 is 0 Å². The van der Waals surface area contributed by atoms with Gasteiger partial charge in [-0.15, -0.1) is 0 Å². The minimum atomic E-state index is 0.0771. The summed E-state index contributed by atoms with van der Waals surface area (Å²) in [5.41, 5.74) is 7.14. The second-order valence-electron chi connectivity index (χ2n) is 3.91. The van der Waals surface area contributed by atoms with Crippen molar-refractivity contribution < 1.29 is 5.11 Å². The summed E-state index contributed by atoms with van der Waals surface area (Å²) in [5, 5.41) is 9.21. The summed E-state index contributed by atoms with van der Waals surface area (Å²) in [4.78, 5) is 0. The molecule has 0 aliphatic heterocycles. The molecule has 2 rings (SSSR count). The van der Waals surface area contributed by atoms with Crippen molar-refractivity contribution in [2.45, 2.75) is 18.3 Å². The lowest BCUT2D eigenvalue weighted by molar-refractivity contribution is 0.461. The normalized spacial score (nSPS) is 18.6. The third kappa shape index (κ3) is 1.42. The van der Waals surface area contributed by atoms with E-state index in [9.17, 15) is 5.11 Å². The minimum Gasteiger partial charge on any atom is -0.508 e. The van der Waals surface area contributed by atoms with E-state index in [2.05, 4.69) is 12.2 Å². The maximum atomic E-state index is 9.21. The molecular weight excluding hydrogens is 174 g/mol. The first kappa shape index (κ1) is 9.28. The molecule has 0 atom stereocenters. The Bertz CT molecular complexity index is 332. The molecule has 2 nitrogen and oxygen atoms in total. The summed E-state index contributed by atoms with van der Waals surface area (Å²) >= 11 is 0. The number of aromatic hydroxyl groups is 1. The van der Waals surface area contributed by atoms with E-state index < -0.39 is 0 Å². The standard InChI is InChI=1S/C12H15NO/c13-9-12(7-1-2-8-12)10-3-5-11(14)6-4-10/h1-6,14H,7-9,13H2. The number of rotatable bonds is 2. The van der Waals surface area contributed by atoms with E-state index in [-0.39, 0.29) is 5.41 Å². The van der Waals surface area contributed by atoms with Gasteiger partial charge in [-0.25, -0.2) is 0 Å². The van der Waals surface area contributed by atoms with Crippen LogP contribution in [0, 0.1) is 0 Å². The van der Waals surface area contributed by atoms with Gasteiger partial charge < -0.3 is 10.8 Å². The Morgan fingerprint density at radius 3 is 2.21 bits per heavy atom. The summed E-state index contributed by atoms with van der Waals surface area (Å²) in [6.07, 6.45) is 6.38. The number of phenolic OH excluding ortho intramolecular Hbond substituents is 1. The average Bonchev–Trinajstić information content (AvgIpc) is 2.68. The molecule has 2 heteroatoms. The summed E-state index contributed by atoms with van der Waals surface area (Å²) in [6, 6.07) is 7.39. The molecule has 0 spiro atoms. The van der Waals surface area contributed by atoms with Gasteiger partial charge in [-0.1, -0.05) is 24.3 Å². The van der Waals surface area contributed by atoms with Crippen LogP contribution in [-0.2, 0) is 5.41 Å². The fourth-order valence-electron chi connectivity index (χ4n) is 2.04. The molecule has 0 saturated heterocycles. The molecule has 0 amide bonds. The molecule has 1 aliphatic rings. The molecule has 1 aliphatic carbocycles. The largest absolute Gasteiger partial charge is 0.508 e. The van der Waals surface area contributed by atoms with E-state index in [1.807, 2.05) is 12.1 Å². The number of phenols is 1. The molecule has 0 bridgehead atoms. The number of hydrogen-bond donors (Lipinski definition) is 2. The van der Waals surface area contributed by atoms with Gasteiger partial charge in [0.15, 0.2) is 0 Å². The first-order valence-electron chi connectivity index (χ1n) is 4.91. The van der Waals surface area contributed by atoms with Gasteiger partial charge in [0.25, 0.3) is 0 Å². The molecule has 3 N–H and O–H groups in total. The summed E-state index contributed by atoms with van der Waals surface area (Å²) in [6.45, 7) is 0.658. The number of allylic oxidation sites excluding steroid dienone is 2. The highest BCUT2D eigenvalue weighted by atomic mass is 16.3. The fourth-order valence-corrected chi connectivity index (χ4v) is 2.04. The Morgan fingerprint density at radius 2 is 1.71 bits per heavy atom. The summed E-state index contributed by atoms with van der Waals surface area (Å²) in [5.74, 6) is 0.312. The van der Waals surface area contributed by atoms with Crippen LogP contribution in [0.3, 0.4) is 0 Å². The van der Waals surface area contributed by atoms with Crippen LogP contribution in [0.2, 0.25) is 0 Å². The second kappa shape index (κ2) is 3.46. The predicted octanol–water partition coefficient (Wildman–Crippen LogP) is 1.94. The molecule has 0 saturated carbocycles. The molecule has 0 fully saturated rings. The zero-order valence-corrected chi connectivity index (χ0v) is 8.11. The lowest BCUT2D eigenvalue weighted by Crippen LogP contribution is -2.32. The summed E-state index contributed by atoms with van der Waals surface area (Å²) in [7, 11) is 0. The van der Waals surface area contributed by atoms with Gasteiger partial charge >= 0.3 is 0 Å². The monoisotopic (exact) mass is 189 g/mol. The Labute approximate surface area is 84.1 Å². The molecular formula is C12H15NO. The topological polar surface area (TPSA) is 46.2 Å². The Kier molecular flexibility index (Phi) is 2.30. The van der Waals surface area contributed by atoms with Crippen LogP contribution in [0.5, 0.6) is 5.75 Å². The molecule has 74 valence electrons. The third-order valence-corrected chi connectivity index (χ3v) is 3.05. The summed E-state index contributed by atoms with van der Waals surface area (Å²) < 4.78 is 0. The van der Waals surface area contributed by atoms with E-state index in [1.165, 1.54) is 5.56 Å². The molecule has 0 aromatic heterocycles. The van der Waals surface area contributed by atoms with Crippen molar-refractivity contribution in [2.24, 2.45) is 5.73 Å². The van der Waals surface area contributed by atoms with Crippen LogP contribution >= 0.6 is 0 Å². The third-order valence-electron chi connectivity index (χ3n) is 3.05. The van der Waals surface area contributed by atoms with Gasteiger partial charge in [-0.3, -0.25) is 0 Å². The lowest BCUT2D eigenvalue weighted by Gasteiger charge is -2.27. The van der Waals surface area contributed by atoms with E-state index in [0.717, 1.165) is 12.8 Å². The molecule has 1 aromatic rings. The van der Waals surface area contributed by atoms with Crippen LogP contribution < -0.4 is 5.73 Å². The zero-order chi connectivity index (χ0) is 10.0. The van der Waals surface area contributed by atoms with Crippen molar-refractivity contribution in [3.05, 3.63) is 42.0 Å². The minimum absolute atomic E-state index is 0.0771. The zero-order valence-electron chi connectivity index (χ0n) is 8.11. The van der Waals surface area contributed by atoms with Crippen LogP contribution in [-0.4, -0.2) is 11.7 Å². The van der Waals surface area contributed by atoms with Crippen LogP contribution in [0.4, 0.5) is 0 Å². The van der Waals surface area contributed by atoms with E-state index in [0.29, 0.717) is 12.3 Å². The molecule has 1 aromatic carbocycles. The smallest absolute Gasteiger partial charge is 0.115 e. The van der Waals surface area contributed by atoms with Crippen LogP contribution in [0.15, 0.2) is 36.4 Å². The van der Waals surface area contributed by atoms with E-state index in [4.69, 9.17) is 5.73 Å². The molecule has 0 heterocycles. The van der Waals surface area contributed by atoms with Gasteiger partial charge in [0.1, 0.15) is 5.75 Å². The lowest BCUT2D eigenvalue weighted by atomic mass is 9.78. The second-order valence-corrected chi connectivity index (χ2v) is 3.91. The Morgan fingerprint density at radius 1 is 1.14 bits per heavy atom. The van der Waals surface area contributed by atoms with E-state index in [1.54, 1.807) is 12.1 Å². The van der Waals surface area contributed by atoms with E-state index >= 15 is 0 Å². The van der Waals surface area contributed by atoms with Crippen molar-refractivity contribution in [2.75, 3.05) is 6.54 Å². The van der Waals surface area contributed by atoms with Crippen molar-refractivity contribution in [1.29, 1.82) is 0 Å². The van der Waals surface area contributed by atoms with Crippen LogP contribution in [0.1, 0.15) is 18.4 Å². The number of benzene rings is 1. The number of nitrogens with two attached hydrogens (primary N) is 1. The van der Waals surface area contributed by atoms with Gasteiger partial charge in [-0.05, 0) is 30.5 Å². The SMILES string of the molecule is NCC1(c2ccc(O)cc2)CC=CC1. The van der Waals surface area contributed by atoms with Crippen molar-refractivity contribution in [1.82, 2.24) is 0 Å². The highest BCUT2D eigenvalue weighted by molar-refractivity contribution is 5.34. The maximum absolute atomic E-state index is 9.21. The van der Waals surface area contributed by atoms with Gasteiger partial charge in [0.2, 0.25) is 0 Å². The Balaban J connectivity index is 2.32. The molecule has 0 unspecified atom stereocenters. The van der Waals surface area contributed by atoms with Crippen molar-refractivity contribution in [3.63, 3.8) is 0 Å². The predicted molar refractivity (Wildman–Crippen MR) is 57.2 cm³/mol. The highest BCUT2D eigenvalue weighted by Gasteiger charge is 2.31. The van der Waals surface area contributed by atoms with Gasteiger partial charge in [0.05, 0.1) is 0 Å². The quantitative estimate of drug-likeness (QED) is 0.698.